The van der Waals surface area contributed by atoms with Crippen LogP contribution in [0.25, 0.3) is 0 Å². The maximum absolute atomic E-state index is 11.6. The molecule has 2 aliphatic rings. The second-order valence-electron chi connectivity index (χ2n) is 6.88. The Morgan fingerprint density at radius 2 is 1.89 bits per heavy atom. The Hall–Kier alpha value is -0.910. The van der Waals surface area contributed by atoms with Gasteiger partial charge >= 0.3 is 0 Å². The molecule has 27 heavy (non-hydrogen) atoms. The fourth-order valence-corrected chi connectivity index (χ4v) is 4.94. The molecule has 1 unspecified atom stereocenters. The summed E-state index contributed by atoms with van der Waals surface area (Å²) in [5, 5.41) is 6.46. The summed E-state index contributed by atoms with van der Waals surface area (Å²) in [6.45, 7) is 5.21. The number of aliphatic imine (C=N–C) groups is 1. The van der Waals surface area contributed by atoms with E-state index < -0.39 is 9.84 Å². The summed E-state index contributed by atoms with van der Waals surface area (Å²) in [4.78, 5) is 6.59. The van der Waals surface area contributed by atoms with E-state index in [4.69, 9.17) is 4.74 Å². The molecular weight excluding hydrogens is 479 g/mol. The second-order valence-corrected chi connectivity index (χ2v) is 9.10. The van der Waals surface area contributed by atoms with Crippen molar-refractivity contribution in [2.75, 3.05) is 44.9 Å². The minimum Gasteiger partial charge on any atom is -0.379 e. The van der Waals surface area contributed by atoms with Gasteiger partial charge < -0.3 is 15.4 Å². The van der Waals surface area contributed by atoms with E-state index in [0.717, 1.165) is 38.4 Å². The SMILES string of the molecule is CN=C(NCc1ccc(CN2CCOCC2)cc1)NC1CCS(=O)(=O)C1.I. The van der Waals surface area contributed by atoms with Crippen molar-refractivity contribution in [3.05, 3.63) is 35.4 Å². The van der Waals surface area contributed by atoms with Crippen LogP contribution in [0.1, 0.15) is 17.5 Å². The van der Waals surface area contributed by atoms with Gasteiger partial charge in [0.05, 0.1) is 24.7 Å². The molecule has 2 N–H and O–H groups in total. The molecule has 0 aromatic heterocycles. The number of hydrogen-bond acceptors (Lipinski definition) is 5. The van der Waals surface area contributed by atoms with Gasteiger partial charge in [0.15, 0.2) is 15.8 Å². The third kappa shape index (κ3) is 7.20. The summed E-state index contributed by atoms with van der Waals surface area (Å²) in [6.07, 6.45) is 0.638. The van der Waals surface area contributed by atoms with E-state index in [1.807, 2.05) is 0 Å². The first kappa shape index (κ1) is 22.4. The molecule has 0 spiro atoms. The Labute approximate surface area is 178 Å². The highest BCUT2D eigenvalue weighted by Crippen LogP contribution is 2.11. The summed E-state index contributed by atoms with van der Waals surface area (Å²) in [5.74, 6) is 1.08. The number of guanidine groups is 1. The van der Waals surface area contributed by atoms with Crippen molar-refractivity contribution in [3.8, 4) is 0 Å². The van der Waals surface area contributed by atoms with Gasteiger partial charge in [-0.3, -0.25) is 9.89 Å². The fourth-order valence-electron chi connectivity index (χ4n) is 3.26. The minimum atomic E-state index is -2.89. The zero-order valence-corrected chi connectivity index (χ0v) is 18.8. The lowest BCUT2D eigenvalue weighted by molar-refractivity contribution is 0.0342. The maximum Gasteiger partial charge on any atom is 0.191 e. The summed E-state index contributed by atoms with van der Waals surface area (Å²) in [5.41, 5.74) is 2.46. The largest absolute Gasteiger partial charge is 0.379 e. The van der Waals surface area contributed by atoms with E-state index in [0.29, 0.717) is 18.9 Å². The minimum absolute atomic E-state index is 0. The number of halogens is 1. The number of ether oxygens (including phenoxy) is 1. The molecule has 0 saturated carbocycles. The van der Waals surface area contributed by atoms with Crippen molar-refractivity contribution in [1.82, 2.24) is 15.5 Å². The molecule has 2 fully saturated rings. The molecular formula is C18H29IN4O3S. The molecule has 1 aromatic rings. The van der Waals surface area contributed by atoms with E-state index >= 15 is 0 Å². The normalized spacial score (nSPS) is 22.9. The van der Waals surface area contributed by atoms with Crippen LogP contribution in [0.2, 0.25) is 0 Å². The summed E-state index contributed by atoms with van der Waals surface area (Å²) >= 11 is 0. The summed E-state index contributed by atoms with van der Waals surface area (Å²) in [7, 11) is -1.19. The lowest BCUT2D eigenvalue weighted by atomic mass is 10.1. The lowest BCUT2D eigenvalue weighted by Crippen LogP contribution is -2.43. The van der Waals surface area contributed by atoms with Gasteiger partial charge in [-0.1, -0.05) is 24.3 Å². The van der Waals surface area contributed by atoms with Crippen LogP contribution < -0.4 is 10.6 Å². The Balaban J connectivity index is 0.00000261. The van der Waals surface area contributed by atoms with Crippen molar-refractivity contribution in [3.63, 3.8) is 0 Å². The second kappa shape index (κ2) is 10.6. The molecule has 2 aliphatic heterocycles. The highest BCUT2D eigenvalue weighted by Gasteiger charge is 2.28. The van der Waals surface area contributed by atoms with Gasteiger partial charge in [-0.2, -0.15) is 0 Å². The van der Waals surface area contributed by atoms with E-state index in [1.165, 1.54) is 5.56 Å². The van der Waals surface area contributed by atoms with Crippen LogP contribution in [0.5, 0.6) is 0 Å². The molecule has 7 nitrogen and oxygen atoms in total. The van der Waals surface area contributed by atoms with Gasteiger partial charge in [-0.05, 0) is 17.5 Å². The quantitative estimate of drug-likeness (QED) is 0.351. The summed E-state index contributed by atoms with van der Waals surface area (Å²) < 4.78 is 28.5. The Morgan fingerprint density at radius 1 is 1.22 bits per heavy atom. The molecule has 0 amide bonds. The standard InChI is InChI=1S/C18H28N4O3S.HI/c1-19-18(21-17-6-11-26(23,24)14-17)20-12-15-2-4-16(5-3-15)13-22-7-9-25-10-8-22;/h2-5,17H,6-14H2,1H3,(H2,19,20,21);1H. The lowest BCUT2D eigenvalue weighted by Gasteiger charge is -2.26. The number of rotatable bonds is 5. The number of hydrogen-bond donors (Lipinski definition) is 2. The van der Waals surface area contributed by atoms with Crippen LogP contribution in [-0.2, 0) is 27.7 Å². The molecule has 0 bridgehead atoms. The molecule has 152 valence electrons. The Bertz CT molecular complexity index is 719. The molecule has 1 atom stereocenters. The van der Waals surface area contributed by atoms with Crippen LogP contribution >= 0.6 is 24.0 Å². The number of morpholine rings is 1. The predicted molar refractivity (Wildman–Crippen MR) is 118 cm³/mol. The number of nitrogens with zero attached hydrogens (tertiary/aromatic N) is 2. The molecule has 1 aromatic carbocycles. The summed E-state index contributed by atoms with van der Waals surface area (Å²) in [6, 6.07) is 8.51. The van der Waals surface area contributed by atoms with Crippen molar-refractivity contribution >= 4 is 39.8 Å². The zero-order chi connectivity index (χ0) is 18.4. The van der Waals surface area contributed by atoms with Crippen LogP contribution in [0, 0.1) is 0 Å². The molecule has 0 radical (unpaired) electrons. The van der Waals surface area contributed by atoms with Gasteiger partial charge in [-0.25, -0.2) is 8.42 Å². The van der Waals surface area contributed by atoms with Gasteiger partial charge in [-0.15, -0.1) is 24.0 Å². The Morgan fingerprint density at radius 3 is 2.48 bits per heavy atom. The molecule has 0 aliphatic carbocycles. The van der Waals surface area contributed by atoms with Gasteiger partial charge in [0.25, 0.3) is 0 Å². The first-order valence-electron chi connectivity index (χ1n) is 9.09. The maximum atomic E-state index is 11.6. The first-order valence-corrected chi connectivity index (χ1v) is 10.9. The van der Waals surface area contributed by atoms with Crippen molar-refractivity contribution in [2.24, 2.45) is 4.99 Å². The first-order chi connectivity index (χ1) is 12.5. The molecule has 3 rings (SSSR count). The average Bonchev–Trinajstić information content (AvgIpc) is 2.99. The monoisotopic (exact) mass is 508 g/mol. The van der Waals surface area contributed by atoms with Crippen molar-refractivity contribution in [2.45, 2.75) is 25.6 Å². The molecule has 2 saturated heterocycles. The van der Waals surface area contributed by atoms with Crippen molar-refractivity contribution in [1.29, 1.82) is 0 Å². The smallest absolute Gasteiger partial charge is 0.191 e. The number of sulfone groups is 1. The van der Waals surface area contributed by atoms with Crippen molar-refractivity contribution < 1.29 is 13.2 Å². The van der Waals surface area contributed by atoms with E-state index in [9.17, 15) is 8.42 Å². The van der Waals surface area contributed by atoms with Gasteiger partial charge in [0.2, 0.25) is 0 Å². The third-order valence-corrected chi connectivity index (χ3v) is 6.56. The topological polar surface area (TPSA) is 83.0 Å². The predicted octanol–water partition coefficient (Wildman–Crippen LogP) is 0.989. The number of nitrogens with one attached hydrogen (secondary N) is 2. The highest BCUT2D eigenvalue weighted by molar-refractivity contribution is 14.0. The van der Waals surface area contributed by atoms with Crippen LogP contribution in [-0.4, -0.2) is 70.2 Å². The van der Waals surface area contributed by atoms with Gasteiger partial charge in [0, 0.05) is 39.3 Å². The zero-order valence-electron chi connectivity index (χ0n) is 15.7. The van der Waals surface area contributed by atoms with E-state index in [2.05, 4.69) is 44.8 Å². The van der Waals surface area contributed by atoms with Crippen LogP contribution in [0.4, 0.5) is 0 Å². The van der Waals surface area contributed by atoms with Gasteiger partial charge in [0.1, 0.15) is 0 Å². The van der Waals surface area contributed by atoms with Crippen LogP contribution in [0.3, 0.4) is 0 Å². The Kier molecular flexibility index (Phi) is 8.77. The third-order valence-electron chi connectivity index (χ3n) is 4.79. The molecule has 9 heteroatoms. The fraction of sp³-hybridized carbons (Fsp3) is 0.611. The molecule has 2 heterocycles. The number of benzene rings is 1. The van der Waals surface area contributed by atoms with E-state index in [-0.39, 0.29) is 41.5 Å². The van der Waals surface area contributed by atoms with Crippen LogP contribution in [0.15, 0.2) is 29.3 Å². The van der Waals surface area contributed by atoms with E-state index in [1.54, 1.807) is 7.05 Å². The highest BCUT2D eigenvalue weighted by atomic mass is 127. The average molecular weight is 508 g/mol.